The fourth-order valence-electron chi connectivity index (χ4n) is 1.66. The molecule has 2 rings (SSSR count). The second-order valence-corrected chi connectivity index (χ2v) is 4.10. The molecular weight excluding hydrogens is 274 g/mol. The molecule has 2 aromatic carbocycles. The lowest BCUT2D eigenvalue weighted by molar-refractivity contribution is -0.384. The first-order chi connectivity index (χ1) is 10.1. The molecule has 0 saturated carbocycles. The number of hydrogen-bond donors (Lipinski definition) is 0. The van der Waals surface area contributed by atoms with Crippen molar-refractivity contribution in [3.8, 4) is 11.5 Å². The summed E-state index contributed by atoms with van der Waals surface area (Å²) < 4.78 is 10.4. The van der Waals surface area contributed by atoms with E-state index in [9.17, 15) is 14.9 Å². The molecule has 0 atom stereocenters. The highest BCUT2D eigenvalue weighted by molar-refractivity contribution is 5.91. The molecule has 6 heteroatoms. The van der Waals surface area contributed by atoms with E-state index in [0.717, 1.165) is 0 Å². The lowest BCUT2D eigenvalue weighted by atomic mass is 10.2. The Morgan fingerprint density at radius 3 is 2.14 bits per heavy atom. The van der Waals surface area contributed by atoms with Crippen LogP contribution in [0.2, 0.25) is 0 Å². The lowest BCUT2D eigenvalue weighted by Gasteiger charge is -2.06. The van der Waals surface area contributed by atoms with E-state index < -0.39 is 10.9 Å². The van der Waals surface area contributed by atoms with Crippen molar-refractivity contribution in [2.75, 3.05) is 6.61 Å². The average Bonchev–Trinajstić information content (AvgIpc) is 2.49. The van der Waals surface area contributed by atoms with Crippen molar-refractivity contribution in [1.29, 1.82) is 0 Å². The van der Waals surface area contributed by atoms with Crippen molar-refractivity contribution < 1.29 is 19.2 Å². The molecule has 0 amide bonds. The first-order valence-electron chi connectivity index (χ1n) is 6.29. The molecule has 0 aliphatic heterocycles. The molecule has 2 aromatic rings. The minimum Gasteiger partial charge on any atom is -0.494 e. The highest BCUT2D eigenvalue weighted by Gasteiger charge is 2.10. The number of carbonyl (C=O) groups excluding carboxylic acids is 1. The van der Waals surface area contributed by atoms with Gasteiger partial charge in [-0.15, -0.1) is 0 Å². The van der Waals surface area contributed by atoms with Gasteiger partial charge in [-0.05, 0) is 43.3 Å². The normalized spacial score (nSPS) is 9.95. The summed E-state index contributed by atoms with van der Waals surface area (Å²) in [6.45, 7) is 2.42. The molecule has 0 aromatic heterocycles. The predicted octanol–water partition coefficient (Wildman–Crippen LogP) is 3.21. The van der Waals surface area contributed by atoms with Gasteiger partial charge in [-0.3, -0.25) is 10.1 Å². The zero-order valence-electron chi connectivity index (χ0n) is 11.3. The summed E-state index contributed by atoms with van der Waals surface area (Å²) in [7, 11) is 0. The minimum absolute atomic E-state index is 0.0594. The fraction of sp³-hybridized carbons (Fsp3) is 0.133. The topological polar surface area (TPSA) is 78.7 Å². The first kappa shape index (κ1) is 14.5. The van der Waals surface area contributed by atoms with Crippen LogP contribution >= 0.6 is 0 Å². The van der Waals surface area contributed by atoms with Crippen molar-refractivity contribution in [2.45, 2.75) is 6.92 Å². The highest BCUT2D eigenvalue weighted by Crippen LogP contribution is 2.19. The second kappa shape index (κ2) is 6.51. The van der Waals surface area contributed by atoms with Crippen LogP contribution in [0.5, 0.6) is 11.5 Å². The Bertz CT molecular complexity index is 634. The minimum atomic E-state index is -0.535. The summed E-state index contributed by atoms with van der Waals surface area (Å²) >= 11 is 0. The van der Waals surface area contributed by atoms with E-state index in [0.29, 0.717) is 17.9 Å². The second-order valence-electron chi connectivity index (χ2n) is 4.10. The molecule has 0 aliphatic rings. The smallest absolute Gasteiger partial charge is 0.343 e. The van der Waals surface area contributed by atoms with E-state index in [-0.39, 0.29) is 11.4 Å². The van der Waals surface area contributed by atoms with E-state index in [1.165, 1.54) is 24.3 Å². The Hall–Kier alpha value is -2.89. The van der Waals surface area contributed by atoms with Crippen molar-refractivity contribution in [3.63, 3.8) is 0 Å². The largest absolute Gasteiger partial charge is 0.494 e. The molecule has 6 nitrogen and oxygen atoms in total. The number of nitro benzene ring substituents is 1. The Kier molecular flexibility index (Phi) is 4.50. The SMILES string of the molecule is CCOc1ccc(C(=O)Oc2ccc([N+](=O)[O-])cc2)cc1. The Morgan fingerprint density at radius 2 is 1.62 bits per heavy atom. The van der Waals surface area contributed by atoms with Gasteiger partial charge in [0.15, 0.2) is 0 Å². The molecule has 0 heterocycles. The van der Waals surface area contributed by atoms with Crippen LogP contribution in [0.3, 0.4) is 0 Å². The third-order valence-corrected chi connectivity index (χ3v) is 2.66. The number of non-ortho nitro benzene ring substituents is 1. The average molecular weight is 287 g/mol. The molecule has 0 fully saturated rings. The van der Waals surface area contributed by atoms with Crippen LogP contribution in [0.4, 0.5) is 5.69 Å². The number of nitrogens with zero attached hydrogens (tertiary/aromatic N) is 1. The van der Waals surface area contributed by atoms with Crippen molar-refractivity contribution in [3.05, 3.63) is 64.2 Å². The van der Waals surface area contributed by atoms with Crippen LogP contribution in [0.1, 0.15) is 17.3 Å². The fourth-order valence-corrected chi connectivity index (χ4v) is 1.66. The van der Waals surface area contributed by atoms with Crippen molar-refractivity contribution in [1.82, 2.24) is 0 Å². The molecular formula is C15H13NO5. The monoisotopic (exact) mass is 287 g/mol. The number of carbonyl (C=O) groups is 1. The number of hydrogen-bond acceptors (Lipinski definition) is 5. The van der Waals surface area contributed by atoms with E-state index in [4.69, 9.17) is 9.47 Å². The molecule has 0 spiro atoms. The van der Waals surface area contributed by atoms with Gasteiger partial charge in [0.25, 0.3) is 5.69 Å². The summed E-state index contributed by atoms with van der Waals surface area (Å²) in [5.74, 6) is 0.385. The number of rotatable bonds is 5. The van der Waals surface area contributed by atoms with Crippen LogP contribution in [0.15, 0.2) is 48.5 Å². The summed E-state index contributed by atoms with van der Waals surface area (Å²) in [4.78, 5) is 21.9. The van der Waals surface area contributed by atoms with Crippen LogP contribution < -0.4 is 9.47 Å². The maximum absolute atomic E-state index is 11.9. The van der Waals surface area contributed by atoms with E-state index in [2.05, 4.69) is 0 Å². The maximum atomic E-state index is 11.9. The summed E-state index contributed by atoms with van der Waals surface area (Å²) in [6.07, 6.45) is 0. The van der Waals surface area contributed by atoms with Crippen molar-refractivity contribution >= 4 is 11.7 Å². The third-order valence-electron chi connectivity index (χ3n) is 2.66. The standard InChI is InChI=1S/C15H13NO5/c1-2-20-13-7-3-11(4-8-13)15(17)21-14-9-5-12(6-10-14)16(18)19/h3-10H,2H2,1H3. The molecule has 0 saturated heterocycles. The quantitative estimate of drug-likeness (QED) is 0.365. The van der Waals surface area contributed by atoms with Gasteiger partial charge in [0.05, 0.1) is 17.1 Å². The molecule has 0 bridgehead atoms. The van der Waals surface area contributed by atoms with Gasteiger partial charge in [-0.25, -0.2) is 4.79 Å². The van der Waals surface area contributed by atoms with Gasteiger partial charge >= 0.3 is 5.97 Å². The molecule has 21 heavy (non-hydrogen) atoms. The molecule has 0 aliphatic carbocycles. The van der Waals surface area contributed by atoms with E-state index in [1.807, 2.05) is 6.92 Å². The van der Waals surface area contributed by atoms with Gasteiger partial charge in [-0.2, -0.15) is 0 Å². The molecule has 108 valence electrons. The Labute approximate surface area is 121 Å². The van der Waals surface area contributed by atoms with Crippen LogP contribution in [0.25, 0.3) is 0 Å². The molecule has 0 unspecified atom stereocenters. The third kappa shape index (κ3) is 3.79. The van der Waals surface area contributed by atoms with Crippen molar-refractivity contribution in [2.24, 2.45) is 0 Å². The van der Waals surface area contributed by atoms with Gasteiger partial charge in [0.2, 0.25) is 0 Å². The van der Waals surface area contributed by atoms with Gasteiger partial charge in [0, 0.05) is 12.1 Å². The van der Waals surface area contributed by atoms with Gasteiger partial charge in [-0.1, -0.05) is 0 Å². The Balaban J connectivity index is 2.05. The van der Waals surface area contributed by atoms with Crippen LogP contribution in [-0.2, 0) is 0 Å². The maximum Gasteiger partial charge on any atom is 0.343 e. The lowest BCUT2D eigenvalue weighted by Crippen LogP contribution is -2.08. The van der Waals surface area contributed by atoms with E-state index in [1.54, 1.807) is 24.3 Å². The predicted molar refractivity (Wildman–Crippen MR) is 75.7 cm³/mol. The Morgan fingerprint density at radius 1 is 1.05 bits per heavy atom. The van der Waals surface area contributed by atoms with Gasteiger partial charge in [0.1, 0.15) is 11.5 Å². The summed E-state index contributed by atoms with van der Waals surface area (Å²) in [5, 5.41) is 10.5. The summed E-state index contributed by atoms with van der Waals surface area (Å²) in [5.41, 5.74) is 0.313. The molecule has 0 radical (unpaired) electrons. The number of ether oxygens (including phenoxy) is 2. The first-order valence-corrected chi connectivity index (χ1v) is 6.29. The number of esters is 1. The number of benzene rings is 2. The van der Waals surface area contributed by atoms with Crippen LogP contribution in [0, 0.1) is 10.1 Å². The molecule has 0 N–H and O–H groups in total. The van der Waals surface area contributed by atoms with Gasteiger partial charge < -0.3 is 9.47 Å². The van der Waals surface area contributed by atoms with E-state index >= 15 is 0 Å². The summed E-state index contributed by atoms with van der Waals surface area (Å²) in [6, 6.07) is 11.9. The van der Waals surface area contributed by atoms with Crippen LogP contribution in [-0.4, -0.2) is 17.5 Å². The number of nitro groups is 1. The highest BCUT2D eigenvalue weighted by atomic mass is 16.6. The zero-order chi connectivity index (χ0) is 15.2. The zero-order valence-corrected chi connectivity index (χ0v) is 11.3.